The second kappa shape index (κ2) is 4.26. The van der Waals surface area contributed by atoms with E-state index in [0.717, 1.165) is 0 Å². The number of carbonyl (C=O) groups is 1. The molecule has 0 saturated heterocycles. The molecule has 0 N–H and O–H groups in total. The Balaban J connectivity index is 3.39. The van der Waals surface area contributed by atoms with Crippen molar-refractivity contribution in [2.45, 2.75) is 13.8 Å². The third-order valence-corrected chi connectivity index (χ3v) is 1.69. The summed E-state index contributed by atoms with van der Waals surface area (Å²) in [5, 5.41) is 0. The van der Waals surface area contributed by atoms with Gasteiger partial charge in [0, 0.05) is 6.92 Å². The fourth-order valence-electron chi connectivity index (χ4n) is 0.351. The van der Waals surface area contributed by atoms with Crippen molar-refractivity contribution in [3.63, 3.8) is 0 Å². The highest BCUT2D eigenvalue weighted by Gasteiger charge is 1.99. The van der Waals surface area contributed by atoms with E-state index < -0.39 is 8.90 Å². The van der Waals surface area contributed by atoms with Gasteiger partial charge in [0.15, 0.2) is 0 Å². The number of rotatable bonds is 3. The lowest BCUT2D eigenvalue weighted by Gasteiger charge is -2.02. The van der Waals surface area contributed by atoms with Crippen molar-refractivity contribution in [2.75, 3.05) is 6.61 Å². The van der Waals surface area contributed by atoms with Gasteiger partial charge < -0.3 is 8.85 Å². The molecule has 3 nitrogen and oxygen atoms in total. The van der Waals surface area contributed by atoms with Crippen LogP contribution in [-0.2, 0) is 13.6 Å². The second-order valence-corrected chi connectivity index (χ2v) is 2.64. The monoisotopic (exact) mass is 146 g/mol. The number of carbonyl (C=O) groups excluding carboxylic acids is 1. The van der Waals surface area contributed by atoms with Gasteiger partial charge in [-0.2, -0.15) is 0 Å². The highest BCUT2D eigenvalue weighted by atomic mass is 28.3. The summed E-state index contributed by atoms with van der Waals surface area (Å²) in [5.41, 5.74) is 0. The quantitative estimate of drug-likeness (QED) is 0.529. The van der Waals surface area contributed by atoms with Crippen LogP contribution in [0.1, 0.15) is 13.8 Å². The lowest BCUT2D eigenvalue weighted by Crippen LogP contribution is -2.15. The summed E-state index contributed by atoms with van der Waals surface area (Å²) in [4.78, 5) is 10.2. The smallest absolute Gasteiger partial charge is 0.479 e. The standard InChI is InChI=1S/C5H10O3Si/c1-4-7-9(3)8-5(2)6/h3-4H2,1-2H3. The summed E-state index contributed by atoms with van der Waals surface area (Å²) in [7, 11) is -1.54. The molecule has 0 unspecified atom stereocenters. The Morgan fingerprint density at radius 3 is 2.67 bits per heavy atom. The first-order chi connectivity index (χ1) is 4.16. The molecule has 0 aromatic carbocycles. The maximum atomic E-state index is 10.2. The molecule has 0 spiro atoms. The molecule has 0 rings (SSSR count). The van der Waals surface area contributed by atoms with Crippen LogP contribution in [0.4, 0.5) is 0 Å². The van der Waals surface area contributed by atoms with E-state index in [4.69, 9.17) is 4.43 Å². The molecule has 0 amide bonds. The normalized spacial score (nSPS) is 8.22. The Hall–Kier alpha value is -0.643. The first-order valence-corrected chi connectivity index (χ1v) is 4.19. The van der Waals surface area contributed by atoms with Crippen molar-refractivity contribution in [1.29, 1.82) is 0 Å². The maximum absolute atomic E-state index is 10.2. The Kier molecular flexibility index (Phi) is 3.95. The molecule has 0 radical (unpaired) electrons. The van der Waals surface area contributed by atoms with Gasteiger partial charge in [-0.05, 0) is 13.1 Å². The Morgan fingerprint density at radius 1 is 1.78 bits per heavy atom. The maximum Gasteiger partial charge on any atom is 0.479 e. The van der Waals surface area contributed by atoms with Crippen LogP contribution in [0.25, 0.3) is 0 Å². The molecule has 52 valence electrons. The number of hydrogen-bond donors (Lipinski definition) is 0. The summed E-state index contributed by atoms with van der Waals surface area (Å²) >= 11 is 0. The third-order valence-electron chi connectivity index (χ3n) is 0.563. The van der Waals surface area contributed by atoms with Gasteiger partial charge in [0.1, 0.15) is 0 Å². The topological polar surface area (TPSA) is 35.5 Å². The molecule has 0 heterocycles. The van der Waals surface area contributed by atoms with Crippen molar-refractivity contribution < 1.29 is 13.6 Å². The highest BCUT2D eigenvalue weighted by Crippen LogP contribution is 1.78. The lowest BCUT2D eigenvalue weighted by atomic mass is 10.9. The van der Waals surface area contributed by atoms with Crippen molar-refractivity contribution in [3.8, 4) is 0 Å². The minimum Gasteiger partial charge on any atom is -0.524 e. The van der Waals surface area contributed by atoms with E-state index in [9.17, 15) is 4.79 Å². The zero-order valence-electron chi connectivity index (χ0n) is 5.64. The minimum absolute atomic E-state index is 0.327. The van der Waals surface area contributed by atoms with Gasteiger partial charge in [0.05, 0.1) is 6.61 Å². The first kappa shape index (κ1) is 8.36. The van der Waals surface area contributed by atoms with Crippen molar-refractivity contribution in [2.24, 2.45) is 0 Å². The molecule has 0 aliphatic heterocycles. The molecule has 0 aromatic rings. The Morgan fingerprint density at radius 2 is 2.33 bits per heavy atom. The second-order valence-electron chi connectivity index (χ2n) is 1.40. The Bertz CT molecular complexity index is 121. The zero-order chi connectivity index (χ0) is 7.28. The van der Waals surface area contributed by atoms with Crippen molar-refractivity contribution >= 4 is 21.0 Å². The summed E-state index contributed by atoms with van der Waals surface area (Å²) in [5.74, 6) is -0.327. The van der Waals surface area contributed by atoms with E-state index >= 15 is 0 Å². The molecule has 4 heteroatoms. The molecule has 0 bridgehead atoms. The average Bonchev–Trinajstić information content (AvgIpc) is 1.63. The minimum atomic E-state index is -1.54. The van der Waals surface area contributed by atoms with Crippen LogP contribution in [0.2, 0.25) is 0 Å². The molecule has 0 fully saturated rings. The molecule has 0 aliphatic rings. The Labute approximate surface area is 56.1 Å². The van der Waals surface area contributed by atoms with Crippen LogP contribution in [0.3, 0.4) is 0 Å². The summed E-state index contributed by atoms with van der Waals surface area (Å²) in [6.07, 6.45) is 3.50. The molecular formula is C5H10O3Si. The van der Waals surface area contributed by atoms with Crippen LogP contribution in [-0.4, -0.2) is 27.6 Å². The highest BCUT2D eigenvalue weighted by molar-refractivity contribution is 6.50. The van der Waals surface area contributed by atoms with Gasteiger partial charge in [-0.3, -0.25) is 4.79 Å². The molecule has 0 aromatic heterocycles. The van der Waals surface area contributed by atoms with E-state index in [2.05, 4.69) is 10.6 Å². The van der Waals surface area contributed by atoms with E-state index in [1.165, 1.54) is 6.92 Å². The third kappa shape index (κ3) is 5.22. The average molecular weight is 146 g/mol. The fourth-order valence-corrected chi connectivity index (χ4v) is 1.05. The van der Waals surface area contributed by atoms with Crippen LogP contribution >= 0.6 is 0 Å². The molecule has 9 heavy (non-hydrogen) atoms. The van der Waals surface area contributed by atoms with Gasteiger partial charge in [-0.1, -0.05) is 0 Å². The van der Waals surface area contributed by atoms with Crippen molar-refractivity contribution in [1.82, 2.24) is 0 Å². The molecule has 0 saturated carbocycles. The summed E-state index contributed by atoms with van der Waals surface area (Å²) in [6.45, 7) is 3.72. The lowest BCUT2D eigenvalue weighted by molar-refractivity contribution is -0.132. The van der Waals surface area contributed by atoms with Gasteiger partial charge in [0.2, 0.25) is 0 Å². The van der Waals surface area contributed by atoms with E-state index in [1.54, 1.807) is 0 Å². The predicted molar refractivity (Wildman–Crippen MR) is 36.3 cm³/mol. The summed E-state index contributed by atoms with van der Waals surface area (Å²) < 4.78 is 9.52. The summed E-state index contributed by atoms with van der Waals surface area (Å²) in [6, 6.07) is 0. The van der Waals surface area contributed by atoms with Gasteiger partial charge in [-0.15, -0.1) is 0 Å². The predicted octanol–water partition coefficient (Wildman–Crippen LogP) is 0.0879. The zero-order valence-corrected chi connectivity index (χ0v) is 6.64. The molecule has 0 atom stereocenters. The first-order valence-electron chi connectivity index (χ1n) is 2.67. The van der Waals surface area contributed by atoms with Crippen LogP contribution in [0.5, 0.6) is 0 Å². The van der Waals surface area contributed by atoms with Crippen molar-refractivity contribution in [3.05, 3.63) is 0 Å². The SMILES string of the molecule is C=[Si](OCC)OC(C)=O. The van der Waals surface area contributed by atoms with Gasteiger partial charge in [-0.25, -0.2) is 0 Å². The van der Waals surface area contributed by atoms with Crippen LogP contribution in [0.15, 0.2) is 0 Å². The largest absolute Gasteiger partial charge is 0.524 e. The fraction of sp³-hybridized carbons (Fsp3) is 0.600. The van der Waals surface area contributed by atoms with Crippen LogP contribution < -0.4 is 0 Å². The van der Waals surface area contributed by atoms with Crippen LogP contribution in [0, 0.1) is 0 Å². The van der Waals surface area contributed by atoms with E-state index in [-0.39, 0.29) is 5.97 Å². The molecular weight excluding hydrogens is 136 g/mol. The van der Waals surface area contributed by atoms with E-state index in [1.807, 2.05) is 6.92 Å². The van der Waals surface area contributed by atoms with Gasteiger partial charge >= 0.3 is 8.90 Å². The number of hydrogen-bond acceptors (Lipinski definition) is 3. The van der Waals surface area contributed by atoms with Gasteiger partial charge in [0.25, 0.3) is 5.97 Å². The molecule has 0 aliphatic carbocycles. The van der Waals surface area contributed by atoms with E-state index in [0.29, 0.717) is 6.61 Å².